The van der Waals surface area contributed by atoms with Crippen molar-refractivity contribution in [3.05, 3.63) is 182 Å². The van der Waals surface area contributed by atoms with Crippen LogP contribution in [0.5, 0.6) is 5.75 Å². The Labute approximate surface area is 311 Å². The monoisotopic (exact) mass is 693 g/mol. The van der Waals surface area contributed by atoms with E-state index in [1.54, 1.807) is 0 Å². The summed E-state index contributed by atoms with van der Waals surface area (Å²) in [6.07, 6.45) is 0. The van der Waals surface area contributed by atoms with E-state index in [4.69, 9.17) is 19.4 Å². The number of aromatic hydroxyl groups is 1. The number of para-hydroxylation sites is 1. The van der Waals surface area contributed by atoms with Crippen LogP contribution in [0.3, 0.4) is 0 Å². The van der Waals surface area contributed by atoms with Crippen LogP contribution >= 0.6 is 0 Å². The minimum Gasteiger partial charge on any atom is -0.507 e. The van der Waals surface area contributed by atoms with Gasteiger partial charge < -0.3 is 9.52 Å². The third-order valence-electron chi connectivity index (χ3n) is 10.0. The molecular formula is C49H31N3O2. The summed E-state index contributed by atoms with van der Waals surface area (Å²) < 4.78 is 6.25. The highest BCUT2D eigenvalue weighted by molar-refractivity contribution is 6.13. The molecule has 10 rings (SSSR count). The zero-order valence-electron chi connectivity index (χ0n) is 29.0. The van der Waals surface area contributed by atoms with Crippen molar-refractivity contribution < 1.29 is 9.52 Å². The van der Waals surface area contributed by atoms with E-state index in [-0.39, 0.29) is 5.75 Å². The fourth-order valence-electron chi connectivity index (χ4n) is 7.41. The van der Waals surface area contributed by atoms with Crippen molar-refractivity contribution in [1.82, 2.24) is 15.0 Å². The van der Waals surface area contributed by atoms with Crippen molar-refractivity contribution in [2.75, 3.05) is 0 Å². The first-order chi connectivity index (χ1) is 26.7. The van der Waals surface area contributed by atoms with Crippen LogP contribution in [0.1, 0.15) is 0 Å². The molecule has 0 aliphatic rings. The number of aromatic nitrogens is 3. The summed E-state index contributed by atoms with van der Waals surface area (Å²) in [5.74, 6) is 1.66. The Morgan fingerprint density at radius 3 is 1.76 bits per heavy atom. The lowest BCUT2D eigenvalue weighted by Crippen LogP contribution is -2.02. The Bertz CT molecular complexity index is 2990. The Hall–Kier alpha value is -7.37. The molecule has 0 atom stereocenters. The predicted octanol–water partition coefficient (Wildman–Crippen LogP) is 12.6. The van der Waals surface area contributed by atoms with Gasteiger partial charge in [0.05, 0.1) is 0 Å². The highest BCUT2D eigenvalue weighted by atomic mass is 16.3. The first kappa shape index (κ1) is 31.4. The fraction of sp³-hybridized carbons (Fsp3) is 0. The van der Waals surface area contributed by atoms with E-state index in [9.17, 15) is 5.11 Å². The molecule has 0 spiro atoms. The van der Waals surface area contributed by atoms with Crippen molar-refractivity contribution in [3.63, 3.8) is 0 Å². The molecule has 2 heterocycles. The molecule has 0 fully saturated rings. The molecule has 0 amide bonds. The molecule has 0 saturated carbocycles. The average molecular weight is 694 g/mol. The highest BCUT2D eigenvalue weighted by Gasteiger charge is 2.22. The van der Waals surface area contributed by atoms with Gasteiger partial charge in [0.2, 0.25) is 0 Å². The smallest absolute Gasteiger partial charge is 0.164 e. The van der Waals surface area contributed by atoms with Gasteiger partial charge in [-0.05, 0) is 68.9 Å². The number of hydrogen-bond donors (Lipinski definition) is 1. The Morgan fingerprint density at radius 1 is 0.370 bits per heavy atom. The van der Waals surface area contributed by atoms with Gasteiger partial charge in [0.15, 0.2) is 17.5 Å². The standard InChI is InChI=1S/C49H31N3O2/c53-42-30-38(39-19-11-21-44-46(39)40-18-9-10-20-43(40)54-44)29-41(45(42)34-15-5-2-6-16-34)49-51-47(35-25-22-33(23-26-35)31-12-3-1-4-13-31)50-48(52-49)37-27-24-32-14-7-8-17-36(32)28-37/h1-30,53H. The maximum absolute atomic E-state index is 12.0. The van der Waals surface area contributed by atoms with Gasteiger partial charge >= 0.3 is 0 Å². The van der Waals surface area contributed by atoms with Gasteiger partial charge in [-0.3, -0.25) is 0 Å². The maximum atomic E-state index is 12.0. The lowest BCUT2D eigenvalue weighted by atomic mass is 9.91. The second kappa shape index (κ2) is 13.0. The number of phenolic OH excluding ortho intramolecular Hbond substituents is 1. The van der Waals surface area contributed by atoms with Gasteiger partial charge in [-0.2, -0.15) is 0 Å². The van der Waals surface area contributed by atoms with Crippen molar-refractivity contribution in [2.45, 2.75) is 0 Å². The minimum atomic E-state index is 0.125. The Kier molecular flexibility index (Phi) is 7.55. The van der Waals surface area contributed by atoms with Crippen molar-refractivity contribution in [3.8, 4) is 73.3 Å². The summed E-state index contributed by atoms with van der Waals surface area (Å²) in [7, 11) is 0. The van der Waals surface area contributed by atoms with Crippen molar-refractivity contribution in [2.24, 2.45) is 0 Å². The van der Waals surface area contributed by atoms with Gasteiger partial charge in [-0.25, -0.2) is 15.0 Å². The van der Waals surface area contributed by atoms with E-state index in [1.165, 1.54) is 0 Å². The molecule has 10 aromatic rings. The van der Waals surface area contributed by atoms with E-state index < -0.39 is 0 Å². The molecule has 5 nitrogen and oxygen atoms in total. The lowest BCUT2D eigenvalue weighted by Gasteiger charge is -2.16. The molecular weight excluding hydrogens is 663 g/mol. The second-order valence-corrected chi connectivity index (χ2v) is 13.4. The number of furan rings is 1. The molecule has 0 bridgehead atoms. The summed E-state index contributed by atoms with van der Waals surface area (Å²) in [5, 5.41) is 16.2. The van der Waals surface area contributed by atoms with Crippen molar-refractivity contribution >= 4 is 32.7 Å². The average Bonchev–Trinajstić information content (AvgIpc) is 3.63. The van der Waals surface area contributed by atoms with E-state index in [1.807, 2.05) is 97.1 Å². The summed E-state index contributed by atoms with van der Waals surface area (Å²) in [4.78, 5) is 15.4. The molecule has 0 aliphatic carbocycles. The van der Waals surface area contributed by atoms with Crippen LogP contribution in [-0.4, -0.2) is 20.1 Å². The quantitative estimate of drug-likeness (QED) is 0.188. The third kappa shape index (κ3) is 5.56. The molecule has 8 aromatic carbocycles. The molecule has 0 aliphatic heterocycles. The summed E-state index contributed by atoms with van der Waals surface area (Å²) in [6, 6.07) is 61.1. The van der Waals surface area contributed by atoms with Gasteiger partial charge in [-0.15, -0.1) is 0 Å². The molecule has 2 aromatic heterocycles. The van der Waals surface area contributed by atoms with E-state index in [0.717, 1.165) is 71.7 Å². The van der Waals surface area contributed by atoms with Crippen LogP contribution in [0.25, 0.3) is 100 Å². The molecule has 54 heavy (non-hydrogen) atoms. The molecule has 0 unspecified atom stereocenters. The molecule has 1 N–H and O–H groups in total. The number of nitrogens with zero attached hydrogens (tertiary/aromatic N) is 3. The first-order valence-corrected chi connectivity index (χ1v) is 17.9. The summed E-state index contributed by atoms with van der Waals surface area (Å²) in [6.45, 7) is 0. The van der Waals surface area contributed by atoms with E-state index >= 15 is 0 Å². The van der Waals surface area contributed by atoms with Gasteiger partial charge in [-0.1, -0.05) is 152 Å². The normalized spacial score (nSPS) is 11.4. The summed E-state index contributed by atoms with van der Waals surface area (Å²) in [5.41, 5.74) is 9.50. The molecule has 254 valence electrons. The number of fused-ring (bicyclic) bond motifs is 4. The van der Waals surface area contributed by atoms with Gasteiger partial charge in [0, 0.05) is 33.0 Å². The summed E-state index contributed by atoms with van der Waals surface area (Å²) >= 11 is 0. The largest absolute Gasteiger partial charge is 0.507 e. The Morgan fingerprint density at radius 2 is 0.963 bits per heavy atom. The van der Waals surface area contributed by atoms with Crippen LogP contribution in [0, 0.1) is 0 Å². The molecule has 0 saturated heterocycles. The molecule has 0 radical (unpaired) electrons. The number of phenols is 1. The lowest BCUT2D eigenvalue weighted by molar-refractivity contribution is 0.478. The van der Waals surface area contributed by atoms with E-state index in [2.05, 4.69) is 84.9 Å². The van der Waals surface area contributed by atoms with Crippen molar-refractivity contribution in [1.29, 1.82) is 0 Å². The number of benzene rings is 8. The number of rotatable bonds is 6. The minimum absolute atomic E-state index is 0.125. The zero-order valence-corrected chi connectivity index (χ0v) is 29.0. The van der Waals surface area contributed by atoms with Crippen LogP contribution in [-0.2, 0) is 0 Å². The topological polar surface area (TPSA) is 72.0 Å². The zero-order chi connectivity index (χ0) is 36.0. The van der Waals surface area contributed by atoms with Crippen LogP contribution < -0.4 is 0 Å². The first-order valence-electron chi connectivity index (χ1n) is 17.9. The van der Waals surface area contributed by atoms with Gasteiger partial charge in [0.1, 0.15) is 16.9 Å². The van der Waals surface area contributed by atoms with Crippen LogP contribution in [0.15, 0.2) is 186 Å². The Balaban J connectivity index is 1.22. The fourth-order valence-corrected chi connectivity index (χ4v) is 7.41. The predicted molar refractivity (Wildman–Crippen MR) is 219 cm³/mol. The highest BCUT2D eigenvalue weighted by Crippen LogP contribution is 2.44. The SMILES string of the molecule is Oc1cc(-c2cccc3oc4ccccc4c23)cc(-c2nc(-c3ccc(-c4ccccc4)cc3)nc(-c3ccc4ccccc4c3)n2)c1-c1ccccc1. The second-order valence-electron chi connectivity index (χ2n) is 13.4. The third-order valence-corrected chi connectivity index (χ3v) is 10.0. The number of hydrogen-bond acceptors (Lipinski definition) is 5. The van der Waals surface area contributed by atoms with Crippen LogP contribution in [0.2, 0.25) is 0 Å². The maximum Gasteiger partial charge on any atom is 0.164 e. The van der Waals surface area contributed by atoms with Gasteiger partial charge in [0.25, 0.3) is 0 Å². The molecule has 5 heteroatoms. The van der Waals surface area contributed by atoms with Crippen LogP contribution in [0.4, 0.5) is 0 Å². The van der Waals surface area contributed by atoms with E-state index in [0.29, 0.717) is 28.6 Å².